The maximum absolute atomic E-state index is 12.2. The topological polar surface area (TPSA) is 96.0 Å². The highest BCUT2D eigenvalue weighted by atomic mass is 32.2. The highest BCUT2D eigenvalue weighted by Crippen LogP contribution is 2.31. The number of nitrogens with one attached hydrogen (secondary N) is 1. The Hall–Kier alpha value is -1.42. The van der Waals surface area contributed by atoms with Crippen molar-refractivity contribution in [3.05, 3.63) is 29.3 Å². The summed E-state index contributed by atoms with van der Waals surface area (Å²) >= 11 is 0. The van der Waals surface area contributed by atoms with Gasteiger partial charge in [-0.1, -0.05) is 0 Å². The van der Waals surface area contributed by atoms with Crippen LogP contribution in [0.4, 0.5) is 0 Å². The fourth-order valence-electron chi connectivity index (χ4n) is 2.00. The normalized spacial score (nSPS) is 16.9. The minimum atomic E-state index is -3.56. The minimum Gasteiger partial charge on any atom is -0.326 e. The number of benzene rings is 1. The lowest BCUT2D eigenvalue weighted by molar-refractivity contribution is 0.547. The van der Waals surface area contributed by atoms with Gasteiger partial charge in [-0.05, 0) is 49.4 Å². The second-order valence-electron chi connectivity index (χ2n) is 4.95. The molecule has 1 saturated carbocycles. The molecule has 1 fully saturated rings. The molecular weight excluding hydrogens is 262 g/mol. The first-order valence-electron chi connectivity index (χ1n) is 6.20. The molecule has 1 atom stereocenters. The summed E-state index contributed by atoms with van der Waals surface area (Å²) in [5, 5.41) is 8.77. The first-order chi connectivity index (χ1) is 8.94. The molecule has 5 nitrogen and oxygen atoms in total. The zero-order valence-electron chi connectivity index (χ0n) is 10.8. The number of hydrogen-bond acceptors (Lipinski definition) is 4. The predicted molar refractivity (Wildman–Crippen MR) is 71.8 cm³/mol. The molecule has 0 saturated heterocycles. The lowest BCUT2D eigenvalue weighted by atomic mass is 10.2. The minimum absolute atomic E-state index is 0.117. The second-order valence-corrected chi connectivity index (χ2v) is 6.68. The molecule has 1 aliphatic carbocycles. The van der Waals surface area contributed by atoms with Crippen molar-refractivity contribution in [1.82, 2.24) is 4.72 Å². The van der Waals surface area contributed by atoms with E-state index in [1.807, 2.05) is 6.07 Å². The van der Waals surface area contributed by atoms with E-state index >= 15 is 0 Å². The number of nitrogens with zero attached hydrogens (tertiary/aromatic N) is 1. The maximum atomic E-state index is 12.2. The SMILES string of the molecule is Cc1cc(C#N)ccc1S(=O)(=O)NCC(N)C1CC1. The molecule has 1 aromatic carbocycles. The number of nitrogens with two attached hydrogens (primary N) is 1. The Labute approximate surface area is 113 Å². The van der Waals surface area contributed by atoms with Crippen LogP contribution in [0, 0.1) is 24.2 Å². The summed E-state index contributed by atoms with van der Waals surface area (Å²) < 4.78 is 26.8. The van der Waals surface area contributed by atoms with Crippen molar-refractivity contribution in [2.24, 2.45) is 11.7 Å². The molecule has 0 bridgehead atoms. The van der Waals surface area contributed by atoms with Gasteiger partial charge in [-0.25, -0.2) is 13.1 Å². The lowest BCUT2D eigenvalue weighted by Gasteiger charge is -2.13. The number of sulfonamides is 1. The van der Waals surface area contributed by atoms with Crippen LogP contribution in [0.15, 0.2) is 23.1 Å². The molecular formula is C13H17N3O2S. The summed E-state index contributed by atoms with van der Waals surface area (Å²) in [5.74, 6) is 0.449. The average Bonchev–Trinajstić information content (AvgIpc) is 3.19. The Balaban J connectivity index is 2.12. The van der Waals surface area contributed by atoms with Gasteiger partial charge >= 0.3 is 0 Å². The Morgan fingerprint density at radius 2 is 2.21 bits per heavy atom. The summed E-state index contributed by atoms with van der Waals surface area (Å²) in [4.78, 5) is 0.203. The van der Waals surface area contributed by atoms with Gasteiger partial charge in [0.25, 0.3) is 0 Å². The number of rotatable bonds is 5. The lowest BCUT2D eigenvalue weighted by Crippen LogP contribution is -2.38. The van der Waals surface area contributed by atoms with Gasteiger partial charge in [0.2, 0.25) is 10.0 Å². The Kier molecular flexibility index (Phi) is 3.90. The molecule has 6 heteroatoms. The second kappa shape index (κ2) is 5.29. The molecule has 1 aliphatic rings. The van der Waals surface area contributed by atoms with Crippen LogP contribution >= 0.6 is 0 Å². The third-order valence-corrected chi connectivity index (χ3v) is 4.91. The van der Waals surface area contributed by atoms with Crippen LogP contribution in [0.2, 0.25) is 0 Å². The Bertz CT molecular complexity index is 615. The van der Waals surface area contributed by atoms with E-state index < -0.39 is 10.0 Å². The van der Waals surface area contributed by atoms with E-state index in [0.29, 0.717) is 17.0 Å². The number of hydrogen-bond donors (Lipinski definition) is 2. The van der Waals surface area contributed by atoms with Crippen LogP contribution in [0.3, 0.4) is 0 Å². The van der Waals surface area contributed by atoms with Gasteiger partial charge in [0, 0.05) is 12.6 Å². The van der Waals surface area contributed by atoms with Crippen LogP contribution in [0.25, 0.3) is 0 Å². The van der Waals surface area contributed by atoms with Crippen molar-refractivity contribution in [1.29, 1.82) is 5.26 Å². The van der Waals surface area contributed by atoms with Crippen LogP contribution in [-0.2, 0) is 10.0 Å². The molecule has 0 radical (unpaired) electrons. The molecule has 0 heterocycles. The van der Waals surface area contributed by atoms with Crippen LogP contribution in [0.5, 0.6) is 0 Å². The summed E-state index contributed by atoms with van der Waals surface area (Å²) in [6.07, 6.45) is 2.16. The van der Waals surface area contributed by atoms with Crippen LogP contribution in [0.1, 0.15) is 24.0 Å². The maximum Gasteiger partial charge on any atom is 0.240 e. The molecule has 0 amide bonds. The molecule has 102 valence electrons. The highest BCUT2D eigenvalue weighted by molar-refractivity contribution is 7.89. The zero-order chi connectivity index (χ0) is 14.0. The summed E-state index contributed by atoms with van der Waals surface area (Å²) in [5.41, 5.74) is 6.89. The number of aryl methyl sites for hydroxylation is 1. The molecule has 0 aromatic heterocycles. The van der Waals surface area contributed by atoms with Gasteiger partial charge in [-0.15, -0.1) is 0 Å². The van der Waals surface area contributed by atoms with Crippen molar-refractivity contribution in [3.63, 3.8) is 0 Å². The fraction of sp³-hybridized carbons (Fsp3) is 0.462. The monoisotopic (exact) mass is 279 g/mol. The van der Waals surface area contributed by atoms with E-state index in [1.165, 1.54) is 12.1 Å². The van der Waals surface area contributed by atoms with Gasteiger partial charge in [-0.2, -0.15) is 5.26 Å². The quantitative estimate of drug-likeness (QED) is 0.836. The smallest absolute Gasteiger partial charge is 0.240 e. The van der Waals surface area contributed by atoms with Crippen molar-refractivity contribution in [2.45, 2.75) is 30.7 Å². The molecule has 1 aromatic rings. The van der Waals surface area contributed by atoms with E-state index in [4.69, 9.17) is 11.0 Å². The van der Waals surface area contributed by atoms with E-state index in [9.17, 15) is 8.42 Å². The molecule has 0 aliphatic heterocycles. The zero-order valence-corrected chi connectivity index (χ0v) is 11.6. The average molecular weight is 279 g/mol. The van der Waals surface area contributed by atoms with Gasteiger partial charge in [0.15, 0.2) is 0 Å². The fourth-order valence-corrected chi connectivity index (χ4v) is 3.29. The number of nitriles is 1. The van der Waals surface area contributed by atoms with Crippen LogP contribution in [-0.4, -0.2) is 21.0 Å². The largest absolute Gasteiger partial charge is 0.326 e. The first-order valence-corrected chi connectivity index (χ1v) is 7.68. The van der Waals surface area contributed by atoms with Crippen molar-refractivity contribution >= 4 is 10.0 Å². The Morgan fingerprint density at radius 1 is 1.53 bits per heavy atom. The standard InChI is InChI=1S/C13H17N3O2S/c1-9-6-10(7-14)2-5-13(9)19(17,18)16-8-12(15)11-3-4-11/h2,5-6,11-12,16H,3-4,8,15H2,1H3. The highest BCUT2D eigenvalue weighted by Gasteiger charge is 2.29. The van der Waals surface area contributed by atoms with E-state index in [-0.39, 0.29) is 17.5 Å². The van der Waals surface area contributed by atoms with Crippen LogP contribution < -0.4 is 10.5 Å². The van der Waals surface area contributed by atoms with Crippen molar-refractivity contribution < 1.29 is 8.42 Å². The molecule has 1 unspecified atom stereocenters. The van der Waals surface area contributed by atoms with E-state index in [1.54, 1.807) is 13.0 Å². The summed E-state index contributed by atoms with van der Waals surface area (Å²) in [6.45, 7) is 1.93. The van der Waals surface area contributed by atoms with E-state index in [0.717, 1.165) is 12.8 Å². The van der Waals surface area contributed by atoms with Gasteiger partial charge < -0.3 is 5.73 Å². The molecule has 0 spiro atoms. The van der Waals surface area contributed by atoms with Crippen molar-refractivity contribution in [2.75, 3.05) is 6.54 Å². The summed E-state index contributed by atoms with van der Waals surface area (Å²) in [6, 6.07) is 6.39. The molecule has 3 N–H and O–H groups in total. The van der Waals surface area contributed by atoms with E-state index in [2.05, 4.69) is 4.72 Å². The Morgan fingerprint density at radius 3 is 2.74 bits per heavy atom. The van der Waals surface area contributed by atoms with Crippen molar-refractivity contribution in [3.8, 4) is 6.07 Å². The van der Waals surface area contributed by atoms with Gasteiger partial charge in [-0.3, -0.25) is 0 Å². The summed E-state index contributed by atoms with van der Waals surface area (Å²) in [7, 11) is -3.56. The first kappa shape index (κ1) is 14.0. The van der Waals surface area contributed by atoms with Gasteiger partial charge in [0.05, 0.1) is 16.5 Å². The third-order valence-electron chi connectivity index (χ3n) is 3.33. The third kappa shape index (κ3) is 3.32. The molecule has 2 rings (SSSR count). The van der Waals surface area contributed by atoms with Gasteiger partial charge in [0.1, 0.15) is 0 Å². The molecule has 19 heavy (non-hydrogen) atoms. The predicted octanol–water partition coefficient (Wildman–Crippen LogP) is 0.882.